The van der Waals surface area contributed by atoms with Gasteiger partial charge in [-0.2, -0.15) is 0 Å². The molecule has 0 aliphatic heterocycles. The average molecular weight is 268 g/mol. The molecule has 0 atom stereocenters. The van der Waals surface area contributed by atoms with Crippen LogP contribution < -0.4 is 10.6 Å². The number of nitrogens with two attached hydrogens (primary N) is 1. The Labute approximate surface area is 114 Å². The van der Waals surface area contributed by atoms with Gasteiger partial charge in [-0.05, 0) is 24.3 Å². The quantitative estimate of drug-likeness (QED) is 0.633. The van der Waals surface area contributed by atoms with Gasteiger partial charge in [-0.25, -0.2) is 0 Å². The van der Waals surface area contributed by atoms with E-state index in [1.165, 1.54) is 4.90 Å². The van der Waals surface area contributed by atoms with Gasteiger partial charge in [-0.15, -0.1) is 11.8 Å². The van der Waals surface area contributed by atoms with Crippen LogP contribution in [0.2, 0.25) is 0 Å². The predicted octanol–water partition coefficient (Wildman–Crippen LogP) is 3.28. The second-order valence-electron chi connectivity index (χ2n) is 3.87. The largest absolute Gasteiger partial charge is 0.389 e. The molecule has 1 aromatic rings. The van der Waals surface area contributed by atoms with Crippen LogP contribution in [0.4, 0.5) is 5.69 Å². The third kappa shape index (κ3) is 3.61. The highest BCUT2D eigenvalue weighted by Gasteiger charge is 2.13. The molecule has 0 aliphatic carbocycles. The molecule has 0 radical (unpaired) electrons. The van der Waals surface area contributed by atoms with Crippen LogP contribution in [-0.2, 0) is 0 Å². The summed E-state index contributed by atoms with van der Waals surface area (Å²) in [7, 11) is 2.08. The lowest BCUT2D eigenvalue weighted by Gasteiger charge is -2.23. The highest BCUT2D eigenvalue weighted by molar-refractivity contribution is 7.99. The summed E-state index contributed by atoms with van der Waals surface area (Å²) >= 11 is 6.98. The van der Waals surface area contributed by atoms with Crippen molar-refractivity contribution in [2.45, 2.75) is 25.2 Å². The zero-order valence-electron chi connectivity index (χ0n) is 10.7. The van der Waals surface area contributed by atoms with E-state index in [9.17, 15) is 0 Å². The van der Waals surface area contributed by atoms with E-state index in [-0.39, 0.29) is 0 Å². The summed E-state index contributed by atoms with van der Waals surface area (Å²) in [6, 6.07) is 6.25. The average Bonchev–Trinajstić information content (AvgIpc) is 2.29. The fourth-order valence-electron chi connectivity index (χ4n) is 1.82. The lowest BCUT2D eigenvalue weighted by Crippen LogP contribution is -2.23. The molecule has 1 rings (SSSR count). The Hall–Kier alpha value is -0.740. The zero-order chi connectivity index (χ0) is 12.8. The molecular weight excluding hydrogens is 248 g/mol. The van der Waals surface area contributed by atoms with Crippen LogP contribution in [0.5, 0.6) is 0 Å². The van der Waals surface area contributed by atoms with Crippen LogP contribution >= 0.6 is 24.0 Å². The summed E-state index contributed by atoms with van der Waals surface area (Å²) in [6.45, 7) is 5.31. The van der Waals surface area contributed by atoms with Gasteiger partial charge in [-0.3, -0.25) is 0 Å². The smallest absolute Gasteiger partial charge is 0.107 e. The van der Waals surface area contributed by atoms with Gasteiger partial charge in [0.15, 0.2) is 0 Å². The van der Waals surface area contributed by atoms with Gasteiger partial charge in [-0.1, -0.05) is 32.1 Å². The number of benzene rings is 1. The van der Waals surface area contributed by atoms with Crippen LogP contribution in [-0.4, -0.2) is 24.3 Å². The van der Waals surface area contributed by atoms with E-state index in [2.05, 4.69) is 44.0 Å². The van der Waals surface area contributed by atoms with E-state index >= 15 is 0 Å². The van der Waals surface area contributed by atoms with Crippen molar-refractivity contribution in [3.8, 4) is 0 Å². The van der Waals surface area contributed by atoms with Crippen LogP contribution in [0, 0.1) is 0 Å². The lowest BCUT2D eigenvalue weighted by molar-refractivity contribution is 0.850. The number of rotatable bonds is 6. The number of anilines is 1. The summed E-state index contributed by atoms with van der Waals surface area (Å²) in [6.07, 6.45) is 1.11. The topological polar surface area (TPSA) is 29.3 Å². The fraction of sp³-hybridized carbons (Fsp3) is 0.462. The number of hydrogen-bond donors (Lipinski definition) is 1. The van der Waals surface area contributed by atoms with Crippen molar-refractivity contribution in [2.75, 3.05) is 24.2 Å². The van der Waals surface area contributed by atoms with E-state index < -0.39 is 0 Å². The molecule has 0 saturated heterocycles. The molecule has 0 aliphatic rings. The Morgan fingerprint density at radius 3 is 2.65 bits per heavy atom. The van der Waals surface area contributed by atoms with Crippen molar-refractivity contribution in [1.82, 2.24) is 0 Å². The highest BCUT2D eigenvalue weighted by atomic mass is 32.2. The standard InChI is InChI=1S/C13H20N2S2/c1-4-9-15(3)10-7-6-8-11(17-5-2)12(10)13(14)16/h6-8H,4-5,9H2,1-3H3,(H2,14,16). The molecule has 4 heteroatoms. The summed E-state index contributed by atoms with van der Waals surface area (Å²) in [5, 5.41) is 0. The third-order valence-electron chi connectivity index (χ3n) is 2.52. The maximum Gasteiger partial charge on any atom is 0.107 e. The van der Waals surface area contributed by atoms with Crippen molar-refractivity contribution < 1.29 is 0 Å². The van der Waals surface area contributed by atoms with E-state index in [4.69, 9.17) is 18.0 Å². The Morgan fingerprint density at radius 1 is 1.41 bits per heavy atom. The van der Waals surface area contributed by atoms with Gasteiger partial charge in [0.2, 0.25) is 0 Å². The maximum absolute atomic E-state index is 5.87. The summed E-state index contributed by atoms with van der Waals surface area (Å²) in [5.74, 6) is 1.02. The SMILES string of the molecule is CCCN(C)c1cccc(SCC)c1C(N)=S. The van der Waals surface area contributed by atoms with Gasteiger partial charge in [0.25, 0.3) is 0 Å². The molecule has 0 unspecified atom stereocenters. The molecule has 0 heterocycles. The minimum absolute atomic E-state index is 0.486. The number of hydrogen-bond acceptors (Lipinski definition) is 3. The van der Waals surface area contributed by atoms with Crippen LogP contribution in [0.15, 0.2) is 23.1 Å². The normalized spacial score (nSPS) is 10.3. The van der Waals surface area contributed by atoms with Crippen LogP contribution in [0.1, 0.15) is 25.8 Å². The molecule has 1 aromatic carbocycles. The molecule has 0 spiro atoms. The first-order valence-corrected chi connectivity index (χ1v) is 7.27. The highest BCUT2D eigenvalue weighted by Crippen LogP contribution is 2.30. The van der Waals surface area contributed by atoms with E-state index in [1.807, 2.05) is 0 Å². The second-order valence-corrected chi connectivity index (χ2v) is 5.61. The maximum atomic E-state index is 5.87. The monoisotopic (exact) mass is 268 g/mol. The molecule has 94 valence electrons. The molecule has 0 aromatic heterocycles. The van der Waals surface area contributed by atoms with Gasteiger partial charge in [0.05, 0.1) is 0 Å². The van der Waals surface area contributed by atoms with Crippen molar-refractivity contribution in [1.29, 1.82) is 0 Å². The Bertz CT molecular complexity index is 391. The number of nitrogens with zero attached hydrogens (tertiary/aromatic N) is 1. The zero-order valence-corrected chi connectivity index (χ0v) is 12.3. The molecule has 0 saturated carbocycles. The second kappa shape index (κ2) is 6.87. The van der Waals surface area contributed by atoms with Crippen LogP contribution in [0.3, 0.4) is 0 Å². The van der Waals surface area contributed by atoms with Gasteiger partial charge in [0.1, 0.15) is 4.99 Å². The fourth-order valence-corrected chi connectivity index (χ4v) is 2.94. The van der Waals surface area contributed by atoms with E-state index in [0.29, 0.717) is 4.99 Å². The minimum Gasteiger partial charge on any atom is -0.389 e. The molecule has 2 N–H and O–H groups in total. The lowest BCUT2D eigenvalue weighted by atomic mass is 10.1. The van der Waals surface area contributed by atoms with Crippen molar-refractivity contribution in [3.05, 3.63) is 23.8 Å². The number of thiocarbonyl (C=S) groups is 1. The molecule has 0 bridgehead atoms. The molecular formula is C13H20N2S2. The van der Waals surface area contributed by atoms with Gasteiger partial charge in [0, 0.05) is 29.7 Å². The van der Waals surface area contributed by atoms with Gasteiger partial charge >= 0.3 is 0 Å². The molecule has 17 heavy (non-hydrogen) atoms. The first-order chi connectivity index (χ1) is 8.11. The number of thioether (sulfide) groups is 1. The van der Waals surface area contributed by atoms with E-state index in [1.54, 1.807) is 11.8 Å². The Balaban J connectivity index is 3.19. The minimum atomic E-state index is 0.486. The molecule has 2 nitrogen and oxygen atoms in total. The Morgan fingerprint density at radius 2 is 2.12 bits per heavy atom. The van der Waals surface area contributed by atoms with Crippen molar-refractivity contribution >= 4 is 34.7 Å². The third-order valence-corrected chi connectivity index (χ3v) is 3.66. The first-order valence-electron chi connectivity index (χ1n) is 5.88. The molecule has 0 fully saturated rings. The predicted molar refractivity (Wildman–Crippen MR) is 82.3 cm³/mol. The van der Waals surface area contributed by atoms with Gasteiger partial charge < -0.3 is 10.6 Å². The summed E-state index contributed by atoms with van der Waals surface area (Å²) < 4.78 is 0. The summed E-state index contributed by atoms with van der Waals surface area (Å²) in [4.78, 5) is 3.88. The van der Waals surface area contributed by atoms with Crippen molar-refractivity contribution in [3.63, 3.8) is 0 Å². The van der Waals surface area contributed by atoms with E-state index in [0.717, 1.165) is 30.0 Å². The van der Waals surface area contributed by atoms with Crippen molar-refractivity contribution in [2.24, 2.45) is 5.73 Å². The Kier molecular flexibility index (Phi) is 5.78. The summed E-state index contributed by atoms with van der Waals surface area (Å²) in [5.41, 5.74) is 8.03. The van der Waals surface area contributed by atoms with Crippen LogP contribution in [0.25, 0.3) is 0 Å². The molecule has 0 amide bonds. The first kappa shape index (κ1) is 14.3.